The Balaban J connectivity index is 1.64. The number of hydrogen-bond donors (Lipinski definition) is 0. The Bertz CT molecular complexity index is 1730. The highest BCUT2D eigenvalue weighted by Crippen LogP contribution is 2.42. The number of methoxy groups -OCH3 is 1. The van der Waals surface area contributed by atoms with E-state index in [0.29, 0.717) is 23.7 Å². The predicted molar refractivity (Wildman–Crippen MR) is 173 cm³/mol. The maximum absolute atomic E-state index is 13.8. The number of hydrogen-bond acceptors (Lipinski definition) is 5. The largest absolute Gasteiger partial charge is 0.496 e. The topological polar surface area (TPSA) is 56.1 Å². The minimum absolute atomic E-state index is 0.147. The van der Waals surface area contributed by atoms with Gasteiger partial charge in [-0.2, -0.15) is 31.4 Å². The summed E-state index contributed by atoms with van der Waals surface area (Å²) in [5.74, 6) is 1.52. The van der Waals surface area contributed by atoms with Crippen LogP contribution in [0.4, 0.5) is 32.3 Å². The Hall–Kier alpha value is -4.35. The molecule has 48 heavy (non-hydrogen) atoms. The monoisotopic (exact) mass is 671 g/mol. The second-order valence-corrected chi connectivity index (χ2v) is 12.7. The van der Waals surface area contributed by atoms with Crippen molar-refractivity contribution in [2.45, 2.75) is 71.3 Å². The third-order valence-corrected chi connectivity index (χ3v) is 8.92. The van der Waals surface area contributed by atoms with Crippen molar-refractivity contribution in [3.05, 3.63) is 94.6 Å². The lowest BCUT2D eigenvalue weighted by Crippen LogP contribution is -2.29. The number of aryl methyl sites for hydroxylation is 1. The molecule has 0 fully saturated rings. The highest BCUT2D eigenvalue weighted by atomic mass is 19.4. The Morgan fingerprint density at radius 2 is 1.58 bits per heavy atom. The molecule has 4 aromatic rings. The van der Waals surface area contributed by atoms with E-state index >= 15 is 0 Å². The summed E-state index contributed by atoms with van der Waals surface area (Å²) in [6.45, 7) is 6.24. The molecule has 1 aliphatic rings. The number of nitrogens with zero attached hydrogens (tertiary/aromatic N) is 5. The fourth-order valence-corrected chi connectivity index (χ4v) is 6.22. The smallest absolute Gasteiger partial charge is 0.416 e. The van der Waals surface area contributed by atoms with Gasteiger partial charge in [0.05, 0.1) is 24.4 Å². The number of benzene rings is 2. The van der Waals surface area contributed by atoms with Gasteiger partial charge in [-0.1, -0.05) is 33.3 Å². The van der Waals surface area contributed by atoms with Crippen LogP contribution in [0, 0.1) is 5.92 Å². The van der Waals surface area contributed by atoms with E-state index in [0.717, 1.165) is 59.2 Å². The third-order valence-electron chi connectivity index (χ3n) is 8.92. The molecular formula is C36H39F6N5O. The third kappa shape index (κ3) is 8.02. The average Bonchev–Trinajstić information content (AvgIpc) is 3.49. The van der Waals surface area contributed by atoms with E-state index in [9.17, 15) is 26.3 Å². The lowest BCUT2D eigenvalue weighted by atomic mass is 9.79. The molecule has 0 spiro atoms. The molecule has 1 atom stereocenters. The van der Waals surface area contributed by atoms with Gasteiger partial charge in [-0.3, -0.25) is 4.68 Å². The molecule has 12 heteroatoms. The van der Waals surface area contributed by atoms with Gasteiger partial charge in [0.15, 0.2) is 0 Å². The van der Waals surface area contributed by atoms with Crippen molar-refractivity contribution in [1.29, 1.82) is 0 Å². The Morgan fingerprint density at radius 3 is 2.12 bits per heavy atom. The molecule has 1 aliphatic carbocycles. The molecule has 0 bridgehead atoms. The van der Waals surface area contributed by atoms with E-state index in [4.69, 9.17) is 4.74 Å². The van der Waals surface area contributed by atoms with E-state index in [1.165, 1.54) is 0 Å². The number of aromatic nitrogens is 4. The normalized spacial score (nSPS) is 15.7. The number of ether oxygens (including phenoxy) is 1. The van der Waals surface area contributed by atoms with Gasteiger partial charge >= 0.3 is 12.4 Å². The van der Waals surface area contributed by atoms with Crippen molar-refractivity contribution in [2.24, 2.45) is 13.0 Å². The van der Waals surface area contributed by atoms with Crippen molar-refractivity contribution in [3.63, 3.8) is 0 Å². The molecule has 0 radical (unpaired) electrons. The van der Waals surface area contributed by atoms with Gasteiger partial charge in [0.2, 0.25) is 5.95 Å². The maximum Gasteiger partial charge on any atom is 0.416 e. The van der Waals surface area contributed by atoms with Gasteiger partial charge in [0, 0.05) is 55.4 Å². The summed E-state index contributed by atoms with van der Waals surface area (Å²) in [5.41, 5.74) is 2.72. The van der Waals surface area contributed by atoms with E-state index in [2.05, 4.69) is 41.9 Å². The molecule has 256 valence electrons. The van der Waals surface area contributed by atoms with Crippen LogP contribution >= 0.6 is 0 Å². The van der Waals surface area contributed by atoms with E-state index in [1.807, 2.05) is 12.1 Å². The number of anilines is 1. The quantitative estimate of drug-likeness (QED) is 0.157. The molecule has 0 aliphatic heterocycles. The number of rotatable bonds is 10. The van der Waals surface area contributed by atoms with Crippen molar-refractivity contribution >= 4 is 11.5 Å². The summed E-state index contributed by atoms with van der Waals surface area (Å²) in [6, 6.07) is 7.78. The second kappa shape index (κ2) is 14.0. The zero-order valence-corrected chi connectivity index (χ0v) is 27.6. The summed E-state index contributed by atoms with van der Waals surface area (Å²) in [4.78, 5) is 10.8. The number of halogens is 6. The van der Waals surface area contributed by atoms with Gasteiger partial charge in [-0.05, 0) is 83.7 Å². The van der Waals surface area contributed by atoms with Gasteiger partial charge in [-0.15, -0.1) is 0 Å². The lowest BCUT2D eigenvalue weighted by Gasteiger charge is -2.32. The maximum atomic E-state index is 13.8. The summed E-state index contributed by atoms with van der Waals surface area (Å²) in [7, 11) is 3.39. The summed E-state index contributed by atoms with van der Waals surface area (Å²) in [6.07, 6.45) is 0.0216. The van der Waals surface area contributed by atoms with Crippen molar-refractivity contribution in [2.75, 3.05) is 18.6 Å². The zero-order chi connectivity index (χ0) is 34.8. The highest BCUT2D eigenvalue weighted by molar-refractivity contribution is 5.75. The molecule has 2 aromatic heterocycles. The van der Waals surface area contributed by atoms with E-state index in [-0.39, 0.29) is 36.6 Å². The molecule has 1 unspecified atom stereocenters. The number of alkyl halides is 6. The fourth-order valence-electron chi connectivity index (χ4n) is 6.22. The Labute approximate surface area is 276 Å². The van der Waals surface area contributed by atoms with Crippen LogP contribution in [0.5, 0.6) is 5.75 Å². The van der Waals surface area contributed by atoms with Crippen molar-refractivity contribution in [1.82, 2.24) is 19.7 Å². The molecule has 5 rings (SSSR count). The molecule has 2 heterocycles. The first-order chi connectivity index (χ1) is 22.7. The zero-order valence-electron chi connectivity index (χ0n) is 27.6. The first-order valence-corrected chi connectivity index (χ1v) is 15.9. The van der Waals surface area contributed by atoms with E-state index < -0.39 is 23.5 Å². The van der Waals surface area contributed by atoms with Crippen LogP contribution in [0.15, 0.2) is 66.8 Å². The van der Waals surface area contributed by atoms with Crippen LogP contribution in [0.3, 0.4) is 0 Å². The Morgan fingerprint density at radius 1 is 0.917 bits per heavy atom. The molecule has 0 amide bonds. The summed E-state index contributed by atoms with van der Waals surface area (Å²) >= 11 is 0. The van der Waals surface area contributed by atoms with Crippen LogP contribution in [0.1, 0.15) is 80.2 Å². The van der Waals surface area contributed by atoms with Crippen LogP contribution in [-0.4, -0.2) is 33.4 Å². The van der Waals surface area contributed by atoms with Crippen molar-refractivity contribution < 1.29 is 31.1 Å². The van der Waals surface area contributed by atoms with Crippen molar-refractivity contribution in [3.8, 4) is 16.9 Å². The molecule has 2 aromatic carbocycles. The molecular weight excluding hydrogens is 632 g/mol. The fraction of sp³-hybridized carbons (Fsp3) is 0.417. The number of allylic oxidation sites excluding steroid dienone is 1. The highest BCUT2D eigenvalue weighted by Gasteiger charge is 2.37. The minimum atomic E-state index is -4.96. The van der Waals surface area contributed by atoms with Gasteiger partial charge in [0.25, 0.3) is 0 Å². The molecule has 0 N–H and O–H groups in total. The lowest BCUT2D eigenvalue weighted by molar-refractivity contribution is -0.143. The van der Waals surface area contributed by atoms with E-state index in [1.54, 1.807) is 48.5 Å². The molecule has 0 saturated carbocycles. The standard InChI is InChI=1S/C36H39F6N5O/c1-6-23-7-9-31(32-14-25(22(2)3)8-10-33(32)48-5)26(11-23)21-47(34-43-16-27(17-44-34)28-18-45-46(4)20-28)19-24-12-29(35(37,38)39)15-30(13-24)36(40,41)42/h8,10,12-18,20,22-23H,6-7,9,11,19,21H2,1-5H3. The first kappa shape index (κ1) is 35.0. The van der Waals surface area contributed by atoms with Crippen LogP contribution in [0.25, 0.3) is 16.7 Å². The predicted octanol–water partition coefficient (Wildman–Crippen LogP) is 9.72. The minimum Gasteiger partial charge on any atom is -0.496 e. The summed E-state index contributed by atoms with van der Waals surface area (Å²) < 4.78 is 90.4. The van der Waals surface area contributed by atoms with Gasteiger partial charge in [0.1, 0.15) is 5.75 Å². The van der Waals surface area contributed by atoms with Crippen LogP contribution in [-0.2, 0) is 25.9 Å². The molecule has 6 nitrogen and oxygen atoms in total. The SMILES string of the molecule is CCC1CCC(c2cc(C(C)C)ccc2OC)=C(CN(Cc2cc(C(F)(F)F)cc(C(F)(F)F)c2)c2ncc(-c3cnn(C)c3)cn2)C1. The second-order valence-electron chi connectivity index (χ2n) is 12.7. The summed E-state index contributed by atoms with van der Waals surface area (Å²) in [5, 5.41) is 4.17. The van der Waals surface area contributed by atoms with Crippen LogP contribution < -0.4 is 9.64 Å². The molecule has 0 saturated heterocycles. The first-order valence-electron chi connectivity index (χ1n) is 15.9. The van der Waals surface area contributed by atoms with Gasteiger partial charge in [-0.25, -0.2) is 9.97 Å². The average molecular weight is 672 g/mol. The Kier molecular flexibility index (Phi) is 10.2. The van der Waals surface area contributed by atoms with Gasteiger partial charge < -0.3 is 9.64 Å². The van der Waals surface area contributed by atoms with Crippen LogP contribution in [0.2, 0.25) is 0 Å².